The molecule has 1 unspecified atom stereocenters. The molecule has 132 valence electrons. The molecule has 1 saturated heterocycles. The summed E-state index contributed by atoms with van der Waals surface area (Å²) in [6, 6.07) is 2.73. The summed E-state index contributed by atoms with van der Waals surface area (Å²) in [7, 11) is 0. The number of nitrogens with one attached hydrogen (secondary N) is 2. The molecule has 0 spiro atoms. The molecular weight excluding hydrogens is 316 g/mol. The van der Waals surface area contributed by atoms with E-state index in [1.54, 1.807) is 0 Å². The van der Waals surface area contributed by atoms with Crippen molar-refractivity contribution in [2.45, 2.75) is 26.2 Å². The van der Waals surface area contributed by atoms with Crippen LogP contribution in [0.2, 0.25) is 0 Å². The number of hydrogen-bond acceptors (Lipinski definition) is 3. The molecule has 1 heterocycles. The summed E-state index contributed by atoms with van der Waals surface area (Å²) in [6.07, 6.45) is 3.20. The molecule has 5 nitrogen and oxygen atoms in total. The number of amides is 2. The molecular formula is C17H23F2N3O2. The third-order valence-electron chi connectivity index (χ3n) is 4.06. The highest BCUT2D eigenvalue weighted by Gasteiger charge is 2.17. The van der Waals surface area contributed by atoms with Crippen molar-refractivity contribution >= 4 is 17.5 Å². The minimum atomic E-state index is -0.966. The minimum absolute atomic E-state index is 0.223. The Bertz CT molecular complexity index is 595. The Morgan fingerprint density at radius 3 is 2.79 bits per heavy atom. The maximum absolute atomic E-state index is 13.4. The average Bonchev–Trinajstić information content (AvgIpc) is 2.54. The molecule has 1 aliphatic rings. The molecule has 0 saturated carbocycles. The molecule has 0 aromatic heterocycles. The van der Waals surface area contributed by atoms with Crippen LogP contribution in [0.5, 0.6) is 0 Å². The van der Waals surface area contributed by atoms with Crippen molar-refractivity contribution in [2.24, 2.45) is 5.92 Å². The summed E-state index contributed by atoms with van der Waals surface area (Å²) >= 11 is 0. The smallest absolute Gasteiger partial charge is 0.313 e. The lowest BCUT2D eigenvalue weighted by Gasteiger charge is -2.30. The van der Waals surface area contributed by atoms with Crippen LogP contribution in [0, 0.1) is 17.6 Å². The summed E-state index contributed by atoms with van der Waals surface area (Å²) in [4.78, 5) is 25.7. The van der Waals surface area contributed by atoms with Gasteiger partial charge < -0.3 is 15.5 Å². The Balaban J connectivity index is 1.69. The molecule has 7 heteroatoms. The fourth-order valence-electron chi connectivity index (χ4n) is 2.84. The zero-order valence-corrected chi connectivity index (χ0v) is 13.8. The zero-order chi connectivity index (χ0) is 17.5. The van der Waals surface area contributed by atoms with Gasteiger partial charge in [-0.25, -0.2) is 8.78 Å². The number of piperidine rings is 1. The van der Waals surface area contributed by atoms with E-state index in [1.807, 2.05) is 0 Å². The van der Waals surface area contributed by atoms with Crippen LogP contribution in [0.4, 0.5) is 14.5 Å². The second-order valence-corrected chi connectivity index (χ2v) is 6.24. The van der Waals surface area contributed by atoms with Crippen molar-refractivity contribution in [3.63, 3.8) is 0 Å². The summed E-state index contributed by atoms with van der Waals surface area (Å²) in [5.74, 6) is -2.76. The number of rotatable bonds is 5. The maximum Gasteiger partial charge on any atom is 0.313 e. The van der Waals surface area contributed by atoms with Gasteiger partial charge in [0.05, 0.1) is 5.69 Å². The number of benzene rings is 1. The van der Waals surface area contributed by atoms with E-state index in [0.29, 0.717) is 18.5 Å². The van der Waals surface area contributed by atoms with Gasteiger partial charge in [0.25, 0.3) is 0 Å². The summed E-state index contributed by atoms with van der Waals surface area (Å²) in [6.45, 7) is 5.62. The monoisotopic (exact) mass is 339 g/mol. The Kier molecular flexibility index (Phi) is 6.66. The molecule has 0 bridgehead atoms. The average molecular weight is 339 g/mol. The minimum Gasteiger partial charge on any atom is -0.348 e. The number of nitrogens with zero attached hydrogens (tertiary/aromatic N) is 1. The fourth-order valence-corrected chi connectivity index (χ4v) is 2.84. The van der Waals surface area contributed by atoms with Crippen molar-refractivity contribution in [3.8, 4) is 0 Å². The quantitative estimate of drug-likeness (QED) is 0.638. The largest absolute Gasteiger partial charge is 0.348 e. The molecule has 1 aromatic carbocycles. The van der Waals surface area contributed by atoms with Gasteiger partial charge in [-0.15, -0.1) is 0 Å². The molecule has 2 amide bonds. The van der Waals surface area contributed by atoms with Crippen LogP contribution >= 0.6 is 0 Å². The molecule has 24 heavy (non-hydrogen) atoms. The van der Waals surface area contributed by atoms with E-state index in [2.05, 4.69) is 22.5 Å². The fraction of sp³-hybridized carbons (Fsp3) is 0.529. The van der Waals surface area contributed by atoms with Crippen LogP contribution in [0.3, 0.4) is 0 Å². The highest BCUT2D eigenvalue weighted by Crippen LogP contribution is 2.15. The second kappa shape index (κ2) is 8.73. The van der Waals surface area contributed by atoms with Gasteiger partial charge in [-0.05, 0) is 50.4 Å². The zero-order valence-electron chi connectivity index (χ0n) is 13.8. The first-order valence-electron chi connectivity index (χ1n) is 8.22. The van der Waals surface area contributed by atoms with E-state index in [1.165, 1.54) is 12.8 Å². The standard InChI is InChI=1S/C17H23F2N3O2/c1-12-4-2-8-22(11-12)9-3-7-20-16(23)17(24)21-15-6-5-13(18)10-14(15)19/h5-6,10,12H,2-4,7-9,11H2,1H3,(H,20,23)(H,21,24). The molecule has 1 aromatic rings. The van der Waals surface area contributed by atoms with Gasteiger partial charge in [0.15, 0.2) is 0 Å². The van der Waals surface area contributed by atoms with Crippen molar-refractivity contribution < 1.29 is 18.4 Å². The Morgan fingerprint density at radius 1 is 1.29 bits per heavy atom. The highest BCUT2D eigenvalue weighted by molar-refractivity contribution is 6.39. The van der Waals surface area contributed by atoms with Crippen molar-refractivity contribution in [3.05, 3.63) is 29.8 Å². The molecule has 0 aliphatic carbocycles. The van der Waals surface area contributed by atoms with Crippen molar-refractivity contribution in [1.82, 2.24) is 10.2 Å². The van der Waals surface area contributed by atoms with E-state index >= 15 is 0 Å². The van der Waals surface area contributed by atoms with Crippen LogP contribution in [-0.4, -0.2) is 42.9 Å². The molecule has 2 N–H and O–H groups in total. The molecule has 1 fully saturated rings. The number of anilines is 1. The summed E-state index contributed by atoms with van der Waals surface area (Å²) in [5, 5.41) is 4.64. The van der Waals surface area contributed by atoms with Gasteiger partial charge in [0, 0.05) is 19.2 Å². The lowest BCUT2D eigenvalue weighted by atomic mass is 10.0. The van der Waals surface area contributed by atoms with Crippen LogP contribution in [0.15, 0.2) is 18.2 Å². The number of carbonyl (C=O) groups is 2. The summed E-state index contributed by atoms with van der Waals surface area (Å²) < 4.78 is 26.2. The topological polar surface area (TPSA) is 61.4 Å². The number of hydrogen-bond donors (Lipinski definition) is 2. The molecule has 0 radical (unpaired) electrons. The van der Waals surface area contributed by atoms with Crippen molar-refractivity contribution in [2.75, 3.05) is 31.5 Å². The van der Waals surface area contributed by atoms with Gasteiger partial charge in [0.2, 0.25) is 0 Å². The van der Waals surface area contributed by atoms with Gasteiger partial charge in [-0.2, -0.15) is 0 Å². The molecule has 1 atom stereocenters. The third-order valence-corrected chi connectivity index (χ3v) is 4.06. The highest BCUT2D eigenvalue weighted by atomic mass is 19.1. The van der Waals surface area contributed by atoms with Gasteiger partial charge in [-0.1, -0.05) is 6.92 Å². The Labute approximate surface area is 140 Å². The second-order valence-electron chi connectivity index (χ2n) is 6.24. The molecule has 2 rings (SSSR count). The van der Waals surface area contributed by atoms with Crippen LogP contribution < -0.4 is 10.6 Å². The van der Waals surface area contributed by atoms with Gasteiger partial charge in [-0.3, -0.25) is 9.59 Å². The predicted octanol–water partition coefficient (Wildman–Crippen LogP) is 2.14. The Hall–Kier alpha value is -2.02. The maximum atomic E-state index is 13.4. The van der Waals surface area contributed by atoms with Gasteiger partial charge in [0.1, 0.15) is 11.6 Å². The van der Waals surface area contributed by atoms with Crippen LogP contribution in [0.1, 0.15) is 26.2 Å². The number of likely N-dealkylation sites (tertiary alicyclic amines) is 1. The van der Waals surface area contributed by atoms with E-state index in [-0.39, 0.29) is 5.69 Å². The van der Waals surface area contributed by atoms with E-state index in [4.69, 9.17) is 0 Å². The normalized spacial score (nSPS) is 18.2. The first-order valence-corrected chi connectivity index (χ1v) is 8.22. The molecule has 1 aliphatic heterocycles. The summed E-state index contributed by atoms with van der Waals surface area (Å²) in [5.41, 5.74) is -0.223. The first-order chi connectivity index (χ1) is 11.5. The lowest BCUT2D eigenvalue weighted by Crippen LogP contribution is -2.39. The van der Waals surface area contributed by atoms with Crippen LogP contribution in [0.25, 0.3) is 0 Å². The SMILES string of the molecule is CC1CCCN(CCCNC(=O)C(=O)Nc2ccc(F)cc2F)C1. The van der Waals surface area contributed by atoms with Gasteiger partial charge >= 0.3 is 11.8 Å². The number of carbonyl (C=O) groups excluding carboxylic acids is 2. The number of halogens is 2. The van der Waals surface area contributed by atoms with Crippen LogP contribution in [-0.2, 0) is 9.59 Å². The lowest BCUT2D eigenvalue weighted by molar-refractivity contribution is -0.136. The predicted molar refractivity (Wildman–Crippen MR) is 87.5 cm³/mol. The van der Waals surface area contributed by atoms with E-state index < -0.39 is 23.4 Å². The van der Waals surface area contributed by atoms with Crippen molar-refractivity contribution in [1.29, 1.82) is 0 Å². The van der Waals surface area contributed by atoms with E-state index in [9.17, 15) is 18.4 Å². The Morgan fingerprint density at radius 2 is 2.08 bits per heavy atom. The first kappa shape index (κ1) is 18.3. The third kappa shape index (κ3) is 5.56. The van der Waals surface area contributed by atoms with E-state index in [0.717, 1.165) is 38.2 Å².